The number of nitrogens with zero attached hydrogens (tertiary/aromatic N) is 3. The Hall–Kier alpha value is -2.24. The van der Waals surface area contributed by atoms with Crippen molar-refractivity contribution in [3.63, 3.8) is 0 Å². The number of halogens is 1. The third kappa shape index (κ3) is 2.53. The molecule has 0 bridgehead atoms. The van der Waals surface area contributed by atoms with E-state index in [1.54, 1.807) is 17.9 Å². The average molecular weight is 289 g/mol. The first kappa shape index (κ1) is 13.7. The topological polar surface area (TPSA) is 59.2 Å². The van der Waals surface area contributed by atoms with Gasteiger partial charge in [0.05, 0.1) is 12.5 Å². The highest BCUT2D eigenvalue weighted by Crippen LogP contribution is 2.30. The summed E-state index contributed by atoms with van der Waals surface area (Å²) in [5, 5.41) is 7.42. The van der Waals surface area contributed by atoms with E-state index in [1.165, 1.54) is 12.1 Å². The first-order chi connectivity index (χ1) is 10.1. The molecule has 0 unspecified atom stereocenters. The number of aryl methyl sites for hydroxylation is 1. The Labute approximate surface area is 121 Å². The first-order valence-corrected chi connectivity index (χ1v) is 6.92. The van der Waals surface area contributed by atoms with Crippen LogP contribution in [-0.4, -0.2) is 27.7 Å². The van der Waals surface area contributed by atoms with E-state index >= 15 is 0 Å². The lowest BCUT2D eigenvalue weighted by Crippen LogP contribution is -2.39. The normalized spacial score (nSPS) is 17.7. The summed E-state index contributed by atoms with van der Waals surface area (Å²) in [7, 11) is 0. The number of hydrogen-bond donors (Lipinski definition) is 0. The van der Waals surface area contributed by atoms with Crippen molar-refractivity contribution in [3.05, 3.63) is 46.5 Å². The molecule has 21 heavy (non-hydrogen) atoms. The van der Waals surface area contributed by atoms with E-state index in [1.807, 2.05) is 6.92 Å². The van der Waals surface area contributed by atoms with Gasteiger partial charge in [-0.1, -0.05) is 16.4 Å². The minimum Gasteiger partial charge on any atom is -0.335 e. The summed E-state index contributed by atoms with van der Waals surface area (Å²) < 4.78 is 18.0. The summed E-state index contributed by atoms with van der Waals surface area (Å²) in [4.78, 5) is 14.2. The molecule has 0 aliphatic carbocycles. The number of hydrogen-bond acceptors (Lipinski definition) is 4. The predicted octanol–water partition coefficient (Wildman–Crippen LogP) is 2.21. The van der Waals surface area contributed by atoms with Gasteiger partial charge in [0.25, 0.3) is 0 Å². The van der Waals surface area contributed by atoms with Crippen LogP contribution in [0.3, 0.4) is 0 Å². The van der Waals surface area contributed by atoms with Gasteiger partial charge >= 0.3 is 0 Å². The van der Waals surface area contributed by atoms with Crippen LogP contribution in [0, 0.1) is 12.7 Å². The van der Waals surface area contributed by atoms with Crippen molar-refractivity contribution in [1.82, 2.24) is 15.2 Å². The van der Waals surface area contributed by atoms with Crippen LogP contribution < -0.4 is 0 Å². The van der Waals surface area contributed by atoms with Crippen LogP contribution in [0.4, 0.5) is 4.39 Å². The molecule has 6 heteroatoms. The van der Waals surface area contributed by atoms with Crippen molar-refractivity contribution in [2.75, 3.05) is 6.54 Å². The molecule has 1 aliphatic rings. The largest absolute Gasteiger partial charge is 0.335 e. The summed E-state index contributed by atoms with van der Waals surface area (Å²) in [6.07, 6.45) is 0.895. The van der Waals surface area contributed by atoms with E-state index in [-0.39, 0.29) is 24.2 Å². The summed E-state index contributed by atoms with van der Waals surface area (Å²) in [5.74, 6) is -0.317. The molecule has 1 amide bonds. The molecule has 0 radical (unpaired) electrons. The van der Waals surface area contributed by atoms with Gasteiger partial charge in [0.1, 0.15) is 17.2 Å². The van der Waals surface area contributed by atoms with Crippen LogP contribution in [0.15, 0.2) is 22.8 Å². The molecular weight excluding hydrogens is 273 g/mol. The molecule has 0 spiro atoms. The fourth-order valence-electron chi connectivity index (χ4n) is 2.78. The minimum absolute atomic E-state index is 0.0452. The highest BCUT2D eigenvalue weighted by Gasteiger charge is 2.28. The minimum atomic E-state index is -0.272. The van der Waals surface area contributed by atoms with Crippen molar-refractivity contribution in [3.8, 4) is 0 Å². The third-order valence-corrected chi connectivity index (χ3v) is 4.03. The summed E-state index contributed by atoms with van der Waals surface area (Å²) in [6, 6.07) is 4.64. The van der Waals surface area contributed by atoms with E-state index in [9.17, 15) is 9.18 Å². The monoisotopic (exact) mass is 289 g/mol. The molecule has 0 fully saturated rings. The lowest BCUT2D eigenvalue weighted by Gasteiger charge is -2.35. The summed E-state index contributed by atoms with van der Waals surface area (Å²) in [6.45, 7) is 4.30. The molecule has 2 heterocycles. The van der Waals surface area contributed by atoms with E-state index in [2.05, 4.69) is 14.9 Å². The van der Waals surface area contributed by atoms with E-state index in [0.717, 1.165) is 17.5 Å². The SMILES string of the molecule is Cc1nonc1CC(=O)N1CCc2ccc(F)cc2[C@H]1C. The molecule has 5 nitrogen and oxygen atoms in total. The molecular formula is C15H16FN3O2. The fraction of sp³-hybridized carbons (Fsp3) is 0.400. The van der Waals surface area contributed by atoms with Gasteiger partial charge in [-0.25, -0.2) is 9.02 Å². The quantitative estimate of drug-likeness (QED) is 0.850. The van der Waals surface area contributed by atoms with Crippen molar-refractivity contribution >= 4 is 5.91 Å². The van der Waals surface area contributed by atoms with Gasteiger partial charge in [0, 0.05) is 6.54 Å². The second-order valence-electron chi connectivity index (χ2n) is 5.33. The highest BCUT2D eigenvalue weighted by atomic mass is 19.1. The Morgan fingerprint density at radius 2 is 2.29 bits per heavy atom. The number of fused-ring (bicyclic) bond motifs is 1. The van der Waals surface area contributed by atoms with Crippen LogP contribution >= 0.6 is 0 Å². The van der Waals surface area contributed by atoms with Gasteiger partial charge in [-0.05, 0) is 43.5 Å². The number of rotatable bonds is 2. The number of aromatic nitrogens is 2. The number of carbonyl (C=O) groups excluding carboxylic acids is 1. The standard InChI is InChI=1S/C15H16FN3O2/c1-9-14(18-21-17-9)8-15(20)19-6-5-11-3-4-12(16)7-13(11)10(19)2/h3-4,7,10H,5-6,8H2,1-2H3/t10-/m1/s1. The van der Waals surface area contributed by atoms with Gasteiger partial charge in [-0.2, -0.15) is 0 Å². The second kappa shape index (κ2) is 5.27. The van der Waals surface area contributed by atoms with Gasteiger partial charge < -0.3 is 4.90 Å². The Bertz CT molecular complexity index is 683. The Morgan fingerprint density at radius 1 is 1.48 bits per heavy atom. The number of amides is 1. The first-order valence-electron chi connectivity index (χ1n) is 6.92. The molecule has 1 aromatic heterocycles. The van der Waals surface area contributed by atoms with Crippen LogP contribution in [0.1, 0.15) is 35.5 Å². The molecule has 3 rings (SSSR count). The summed E-state index contributed by atoms with van der Waals surface area (Å²) >= 11 is 0. The lowest BCUT2D eigenvalue weighted by atomic mass is 9.93. The molecule has 1 atom stereocenters. The molecule has 0 N–H and O–H groups in total. The van der Waals surface area contributed by atoms with Gasteiger partial charge in [0.2, 0.25) is 5.91 Å². The summed E-state index contributed by atoms with van der Waals surface area (Å²) in [5.41, 5.74) is 3.16. The Kier molecular flexibility index (Phi) is 3.45. The van der Waals surface area contributed by atoms with Gasteiger partial charge in [-0.3, -0.25) is 4.79 Å². The Morgan fingerprint density at radius 3 is 3.00 bits per heavy atom. The van der Waals surface area contributed by atoms with Crippen LogP contribution in [-0.2, 0) is 17.6 Å². The maximum Gasteiger partial charge on any atom is 0.229 e. The van der Waals surface area contributed by atoms with Crippen LogP contribution in [0.2, 0.25) is 0 Å². The van der Waals surface area contributed by atoms with Crippen molar-refractivity contribution in [2.24, 2.45) is 0 Å². The smallest absolute Gasteiger partial charge is 0.229 e. The molecule has 1 aliphatic heterocycles. The van der Waals surface area contributed by atoms with E-state index < -0.39 is 0 Å². The molecule has 2 aromatic rings. The van der Waals surface area contributed by atoms with E-state index in [0.29, 0.717) is 17.9 Å². The molecule has 0 saturated carbocycles. The van der Waals surface area contributed by atoms with E-state index in [4.69, 9.17) is 0 Å². The van der Waals surface area contributed by atoms with Gasteiger partial charge in [-0.15, -0.1) is 0 Å². The number of benzene rings is 1. The van der Waals surface area contributed by atoms with Gasteiger partial charge in [0.15, 0.2) is 0 Å². The Balaban J connectivity index is 1.81. The zero-order valence-corrected chi connectivity index (χ0v) is 12.0. The van der Waals surface area contributed by atoms with Crippen LogP contribution in [0.25, 0.3) is 0 Å². The zero-order valence-electron chi connectivity index (χ0n) is 12.0. The maximum absolute atomic E-state index is 13.4. The molecule has 0 saturated heterocycles. The second-order valence-corrected chi connectivity index (χ2v) is 5.33. The molecule has 110 valence electrons. The van der Waals surface area contributed by atoms with Crippen molar-refractivity contribution in [2.45, 2.75) is 32.7 Å². The fourth-order valence-corrected chi connectivity index (χ4v) is 2.78. The van der Waals surface area contributed by atoms with Crippen molar-refractivity contribution < 1.29 is 13.8 Å². The van der Waals surface area contributed by atoms with Crippen LogP contribution in [0.5, 0.6) is 0 Å². The average Bonchev–Trinajstić information content (AvgIpc) is 2.85. The third-order valence-electron chi connectivity index (χ3n) is 4.03. The number of carbonyl (C=O) groups is 1. The lowest BCUT2D eigenvalue weighted by molar-refractivity contribution is -0.133. The predicted molar refractivity (Wildman–Crippen MR) is 73.0 cm³/mol. The highest BCUT2D eigenvalue weighted by molar-refractivity contribution is 5.79. The zero-order chi connectivity index (χ0) is 15.0. The van der Waals surface area contributed by atoms with Crippen molar-refractivity contribution in [1.29, 1.82) is 0 Å². The molecule has 1 aromatic carbocycles. The maximum atomic E-state index is 13.4.